The molecule has 3 nitrogen and oxygen atoms in total. The highest BCUT2D eigenvalue weighted by molar-refractivity contribution is 5.94. The van der Waals surface area contributed by atoms with Gasteiger partial charge in [0.1, 0.15) is 0 Å². The van der Waals surface area contributed by atoms with Crippen LogP contribution in [0.25, 0.3) is 0 Å². The zero-order valence-electron chi connectivity index (χ0n) is 16.9. The molecular formula is C24H32N2O. The Morgan fingerprint density at radius 3 is 2.44 bits per heavy atom. The number of likely N-dealkylation sites (tertiary alicyclic amines) is 1. The lowest BCUT2D eigenvalue weighted by molar-refractivity contribution is 0.0607. The van der Waals surface area contributed by atoms with Crippen molar-refractivity contribution in [2.75, 3.05) is 19.6 Å². The van der Waals surface area contributed by atoms with Crippen LogP contribution in [0.1, 0.15) is 53.2 Å². The van der Waals surface area contributed by atoms with Crippen LogP contribution >= 0.6 is 0 Å². The van der Waals surface area contributed by atoms with E-state index in [2.05, 4.69) is 43.9 Å². The minimum absolute atomic E-state index is 0.172. The molecule has 2 aromatic carbocycles. The molecule has 144 valence electrons. The van der Waals surface area contributed by atoms with Gasteiger partial charge in [0.25, 0.3) is 5.91 Å². The number of benzene rings is 2. The summed E-state index contributed by atoms with van der Waals surface area (Å²) in [7, 11) is 0. The van der Waals surface area contributed by atoms with E-state index in [-0.39, 0.29) is 5.91 Å². The lowest BCUT2D eigenvalue weighted by atomic mass is 9.99. The molecular weight excluding hydrogens is 332 g/mol. The summed E-state index contributed by atoms with van der Waals surface area (Å²) in [6.07, 6.45) is 3.28. The summed E-state index contributed by atoms with van der Waals surface area (Å²) in [5, 5.41) is 0. The molecule has 0 radical (unpaired) electrons. The molecule has 0 bridgehead atoms. The van der Waals surface area contributed by atoms with E-state index in [1.54, 1.807) is 0 Å². The van der Waals surface area contributed by atoms with Gasteiger partial charge in [0, 0.05) is 31.2 Å². The SMILES string of the molecule is CCCN(Cc1cc(C)ccc1C)C1CCN(C(=O)c2ccccc2)CC1. The fraction of sp³-hybridized carbons (Fsp3) is 0.458. The van der Waals surface area contributed by atoms with Gasteiger partial charge >= 0.3 is 0 Å². The molecule has 1 aliphatic rings. The van der Waals surface area contributed by atoms with E-state index >= 15 is 0 Å². The fourth-order valence-corrected chi connectivity index (χ4v) is 4.06. The van der Waals surface area contributed by atoms with Crippen LogP contribution in [-0.4, -0.2) is 41.4 Å². The number of carbonyl (C=O) groups excluding carboxylic acids is 1. The molecule has 1 amide bonds. The zero-order valence-corrected chi connectivity index (χ0v) is 16.9. The first kappa shape index (κ1) is 19.6. The van der Waals surface area contributed by atoms with Crippen LogP contribution in [0, 0.1) is 13.8 Å². The van der Waals surface area contributed by atoms with E-state index in [4.69, 9.17) is 0 Å². The number of carbonyl (C=O) groups is 1. The molecule has 3 rings (SSSR count). The van der Waals surface area contributed by atoms with Crippen molar-refractivity contribution in [2.45, 2.75) is 52.6 Å². The van der Waals surface area contributed by atoms with Crippen LogP contribution in [0.5, 0.6) is 0 Å². The Bertz CT molecular complexity index is 748. The van der Waals surface area contributed by atoms with Gasteiger partial charge in [0.05, 0.1) is 0 Å². The smallest absolute Gasteiger partial charge is 0.253 e. The maximum absolute atomic E-state index is 12.7. The number of rotatable bonds is 6. The quantitative estimate of drug-likeness (QED) is 0.734. The van der Waals surface area contributed by atoms with Crippen LogP contribution in [0.15, 0.2) is 48.5 Å². The molecule has 0 saturated carbocycles. The number of amides is 1. The summed E-state index contributed by atoms with van der Waals surface area (Å²) in [6.45, 7) is 10.5. The maximum atomic E-state index is 12.7. The summed E-state index contributed by atoms with van der Waals surface area (Å²) in [4.78, 5) is 17.3. The second-order valence-electron chi connectivity index (χ2n) is 7.79. The Balaban J connectivity index is 1.63. The molecule has 0 unspecified atom stereocenters. The minimum atomic E-state index is 0.172. The number of nitrogens with zero attached hydrogens (tertiary/aromatic N) is 2. The number of hydrogen-bond acceptors (Lipinski definition) is 2. The number of hydrogen-bond donors (Lipinski definition) is 0. The first-order chi connectivity index (χ1) is 13.1. The topological polar surface area (TPSA) is 23.6 Å². The number of aryl methyl sites for hydroxylation is 2. The van der Waals surface area contributed by atoms with E-state index in [0.29, 0.717) is 6.04 Å². The van der Waals surface area contributed by atoms with Crippen molar-refractivity contribution in [1.29, 1.82) is 0 Å². The molecule has 1 saturated heterocycles. The molecule has 0 aliphatic carbocycles. The summed E-state index contributed by atoms with van der Waals surface area (Å²) >= 11 is 0. The van der Waals surface area contributed by atoms with Gasteiger partial charge in [-0.15, -0.1) is 0 Å². The first-order valence-corrected chi connectivity index (χ1v) is 10.2. The normalized spacial score (nSPS) is 15.3. The Hall–Kier alpha value is -2.13. The highest BCUT2D eigenvalue weighted by Gasteiger charge is 2.27. The Morgan fingerprint density at radius 2 is 1.78 bits per heavy atom. The molecule has 1 aliphatic heterocycles. The Morgan fingerprint density at radius 1 is 1.07 bits per heavy atom. The van der Waals surface area contributed by atoms with Crippen molar-refractivity contribution in [3.05, 3.63) is 70.8 Å². The third-order valence-electron chi connectivity index (χ3n) is 5.68. The van der Waals surface area contributed by atoms with Gasteiger partial charge in [-0.3, -0.25) is 9.69 Å². The third-order valence-corrected chi connectivity index (χ3v) is 5.68. The molecule has 0 atom stereocenters. The molecule has 1 heterocycles. The van der Waals surface area contributed by atoms with Crippen molar-refractivity contribution in [3.8, 4) is 0 Å². The summed E-state index contributed by atoms with van der Waals surface area (Å²) in [5.41, 5.74) is 4.94. The van der Waals surface area contributed by atoms with E-state index in [9.17, 15) is 4.79 Å². The second-order valence-corrected chi connectivity index (χ2v) is 7.79. The largest absolute Gasteiger partial charge is 0.339 e. The van der Waals surface area contributed by atoms with Crippen LogP contribution in [-0.2, 0) is 6.54 Å². The monoisotopic (exact) mass is 364 g/mol. The van der Waals surface area contributed by atoms with Crippen molar-refractivity contribution < 1.29 is 4.79 Å². The van der Waals surface area contributed by atoms with Gasteiger partial charge in [-0.1, -0.05) is 48.9 Å². The molecule has 0 N–H and O–H groups in total. The van der Waals surface area contributed by atoms with Gasteiger partial charge in [-0.25, -0.2) is 0 Å². The standard InChI is InChI=1S/C24H32N2O/c1-4-14-26(18-22-17-19(2)10-11-20(22)3)23-12-15-25(16-13-23)24(27)21-8-6-5-7-9-21/h5-11,17,23H,4,12-16,18H2,1-3H3. The van der Waals surface area contributed by atoms with Crippen molar-refractivity contribution in [2.24, 2.45) is 0 Å². The predicted molar refractivity (Wildman–Crippen MR) is 112 cm³/mol. The van der Waals surface area contributed by atoms with Gasteiger partial charge in [-0.2, -0.15) is 0 Å². The summed E-state index contributed by atoms with van der Waals surface area (Å²) in [5.74, 6) is 0.172. The van der Waals surface area contributed by atoms with E-state index in [0.717, 1.165) is 51.0 Å². The molecule has 0 spiro atoms. The van der Waals surface area contributed by atoms with Gasteiger partial charge in [0.2, 0.25) is 0 Å². The molecule has 0 aromatic heterocycles. The van der Waals surface area contributed by atoms with Gasteiger partial charge < -0.3 is 4.90 Å². The van der Waals surface area contributed by atoms with Gasteiger partial charge in [0.15, 0.2) is 0 Å². The lowest BCUT2D eigenvalue weighted by Gasteiger charge is -2.39. The number of piperidine rings is 1. The third kappa shape index (κ3) is 4.98. The van der Waals surface area contributed by atoms with Crippen LogP contribution < -0.4 is 0 Å². The van der Waals surface area contributed by atoms with Crippen LogP contribution in [0.3, 0.4) is 0 Å². The van der Waals surface area contributed by atoms with Crippen LogP contribution in [0.2, 0.25) is 0 Å². The molecule has 3 heteroatoms. The molecule has 27 heavy (non-hydrogen) atoms. The molecule has 1 fully saturated rings. The van der Waals surface area contributed by atoms with E-state index < -0.39 is 0 Å². The van der Waals surface area contributed by atoms with Crippen molar-refractivity contribution in [3.63, 3.8) is 0 Å². The second kappa shape index (κ2) is 9.18. The van der Waals surface area contributed by atoms with Crippen LogP contribution in [0.4, 0.5) is 0 Å². The average molecular weight is 365 g/mol. The predicted octanol–water partition coefficient (Wildman–Crippen LogP) is 4.82. The lowest BCUT2D eigenvalue weighted by Crippen LogP contribution is -2.46. The van der Waals surface area contributed by atoms with E-state index in [1.807, 2.05) is 35.2 Å². The fourth-order valence-electron chi connectivity index (χ4n) is 4.06. The van der Waals surface area contributed by atoms with Gasteiger partial charge in [-0.05, 0) is 62.9 Å². The summed E-state index contributed by atoms with van der Waals surface area (Å²) in [6, 6.07) is 17.0. The zero-order chi connectivity index (χ0) is 19.2. The van der Waals surface area contributed by atoms with E-state index in [1.165, 1.54) is 16.7 Å². The highest BCUT2D eigenvalue weighted by atomic mass is 16.2. The van der Waals surface area contributed by atoms with Crippen molar-refractivity contribution >= 4 is 5.91 Å². The maximum Gasteiger partial charge on any atom is 0.253 e. The summed E-state index contributed by atoms with van der Waals surface area (Å²) < 4.78 is 0. The average Bonchev–Trinajstić information content (AvgIpc) is 2.70. The Labute approximate surface area is 164 Å². The Kier molecular flexibility index (Phi) is 6.68. The minimum Gasteiger partial charge on any atom is -0.339 e. The molecule has 2 aromatic rings. The van der Waals surface area contributed by atoms with Crippen molar-refractivity contribution in [1.82, 2.24) is 9.80 Å². The highest BCUT2D eigenvalue weighted by Crippen LogP contribution is 2.22. The first-order valence-electron chi connectivity index (χ1n) is 10.2.